The van der Waals surface area contributed by atoms with Crippen LogP contribution in [-0.4, -0.2) is 95.0 Å². The van der Waals surface area contributed by atoms with Crippen LogP contribution in [-0.2, 0) is 31.9 Å². The first kappa shape index (κ1) is 40.2. The van der Waals surface area contributed by atoms with Crippen LogP contribution in [0, 0.1) is 0 Å². The van der Waals surface area contributed by atoms with Gasteiger partial charge in [0.05, 0.1) is 52.1 Å². The maximum absolute atomic E-state index is 13.6. The highest BCUT2D eigenvalue weighted by atomic mass is 32.2. The summed E-state index contributed by atoms with van der Waals surface area (Å²) in [4.78, 5) is 18.5. The highest BCUT2D eigenvalue weighted by Gasteiger charge is 2.48. The molecule has 1 aliphatic heterocycles. The van der Waals surface area contributed by atoms with Crippen LogP contribution >= 0.6 is 0 Å². The number of ether oxygens (including phenoxy) is 3. The average molecular weight is 732 g/mol. The van der Waals surface area contributed by atoms with Crippen LogP contribution in [0.3, 0.4) is 0 Å². The van der Waals surface area contributed by atoms with E-state index in [2.05, 4.69) is 24.4 Å². The number of nitrogens with one attached hydrogen (secondary N) is 2. The number of benzene rings is 1. The van der Waals surface area contributed by atoms with Gasteiger partial charge in [-0.1, -0.05) is 25.7 Å². The van der Waals surface area contributed by atoms with Gasteiger partial charge in [-0.15, -0.1) is 0 Å². The second-order valence-corrected chi connectivity index (χ2v) is 21.8. The van der Waals surface area contributed by atoms with Crippen LogP contribution in [0.25, 0.3) is 11.0 Å². The molecule has 1 aromatic carbocycles. The summed E-state index contributed by atoms with van der Waals surface area (Å²) in [6.45, 7) is 13.6. The second-order valence-electron chi connectivity index (χ2n) is 14.2. The standard InChI is InChI=1S/C30H47F6N5O5SSi/c1-18(46-19(2)29(31,32)33)25(39-47(43)28(3,4)5)26-37-21-14-20(10-11-22(21)41(26)17-45-12-13-48(7,8)9)23(16-44-6)40-15-24(30(34,35)36)38-27(40)42/h10-11,14,18-19,23-25,39H,12-13,15-17H2,1-9H3,(H,38,42)/t18-,19+,23-,24+,25+,47-/m1/s1. The Morgan fingerprint density at radius 1 is 1.12 bits per heavy atom. The van der Waals surface area contributed by atoms with Crippen molar-refractivity contribution in [2.75, 3.05) is 26.9 Å². The number of imidazole rings is 1. The molecule has 48 heavy (non-hydrogen) atoms. The maximum Gasteiger partial charge on any atom is 0.414 e. The summed E-state index contributed by atoms with van der Waals surface area (Å²) in [5.74, 6) is 0.189. The van der Waals surface area contributed by atoms with Gasteiger partial charge in [-0.05, 0) is 58.4 Å². The third-order valence-electron chi connectivity index (χ3n) is 7.85. The molecular formula is C30H47F6N5O5SSi. The summed E-state index contributed by atoms with van der Waals surface area (Å²) in [5.41, 5.74) is 1.26. The van der Waals surface area contributed by atoms with E-state index < -0.39 is 79.1 Å². The Morgan fingerprint density at radius 3 is 2.29 bits per heavy atom. The van der Waals surface area contributed by atoms with Crippen molar-refractivity contribution in [3.05, 3.63) is 29.6 Å². The molecule has 0 bridgehead atoms. The smallest absolute Gasteiger partial charge is 0.382 e. The minimum atomic E-state index is -4.65. The summed E-state index contributed by atoms with van der Waals surface area (Å²) < 4.78 is 115. The number of carbonyl (C=O) groups is 1. The fraction of sp³-hybridized carbons (Fsp3) is 0.733. The predicted octanol–water partition coefficient (Wildman–Crippen LogP) is 6.44. The van der Waals surface area contributed by atoms with Crippen molar-refractivity contribution in [1.82, 2.24) is 24.5 Å². The molecule has 10 nitrogen and oxygen atoms in total. The van der Waals surface area contributed by atoms with Crippen LogP contribution in [0.1, 0.15) is 58.1 Å². The number of urea groups is 1. The van der Waals surface area contributed by atoms with E-state index in [9.17, 15) is 35.3 Å². The van der Waals surface area contributed by atoms with Crippen molar-refractivity contribution < 1.29 is 49.6 Å². The number of fused-ring (bicyclic) bond motifs is 1. The fourth-order valence-corrected chi connectivity index (χ4v) is 6.58. The first-order valence-corrected chi connectivity index (χ1v) is 20.4. The molecule has 18 heteroatoms. The normalized spacial score (nSPS) is 19.8. The van der Waals surface area contributed by atoms with Gasteiger partial charge in [0.1, 0.15) is 24.6 Å². The van der Waals surface area contributed by atoms with Gasteiger partial charge in [0.2, 0.25) is 0 Å². The van der Waals surface area contributed by atoms with Crippen molar-refractivity contribution in [2.45, 2.75) is 114 Å². The highest BCUT2D eigenvalue weighted by Crippen LogP contribution is 2.34. The molecule has 1 saturated heterocycles. The van der Waals surface area contributed by atoms with Gasteiger partial charge in [-0.3, -0.25) is 0 Å². The van der Waals surface area contributed by atoms with Gasteiger partial charge >= 0.3 is 18.4 Å². The monoisotopic (exact) mass is 731 g/mol. The zero-order chi connectivity index (χ0) is 36.4. The van der Waals surface area contributed by atoms with E-state index >= 15 is 0 Å². The average Bonchev–Trinajstić information content (AvgIpc) is 3.50. The lowest BCUT2D eigenvalue weighted by atomic mass is 10.1. The molecule has 2 heterocycles. The molecule has 0 spiro atoms. The number of halogens is 6. The molecule has 2 amide bonds. The SMILES string of the molecule is COC[C@H](c1ccc2c(c1)nc([C@@H](N[S@](=O)C(C)(C)C)[C@@H](C)O[C@@H](C)C(F)(F)F)n2COCC[Si](C)(C)C)N1C[C@@H](C(F)(F)F)NC1=O. The molecule has 0 radical (unpaired) electrons. The minimum absolute atomic E-state index is 0.0408. The van der Waals surface area contributed by atoms with Crippen LogP contribution in [0.15, 0.2) is 18.2 Å². The van der Waals surface area contributed by atoms with Crippen molar-refractivity contribution in [3.8, 4) is 0 Å². The van der Waals surface area contributed by atoms with Crippen molar-refractivity contribution in [1.29, 1.82) is 0 Å². The first-order chi connectivity index (χ1) is 21.9. The molecule has 1 aliphatic rings. The van der Waals surface area contributed by atoms with Gasteiger partial charge in [0.25, 0.3) is 0 Å². The lowest BCUT2D eigenvalue weighted by molar-refractivity contribution is -0.227. The maximum atomic E-state index is 13.6. The van der Waals surface area contributed by atoms with E-state index in [-0.39, 0.29) is 19.2 Å². The number of nitrogens with zero attached hydrogens (tertiary/aromatic N) is 3. The molecule has 274 valence electrons. The number of hydrogen-bond donors (Lipinski definition) is 2. The summed E-state index contributed by atoms with van der Waals surface area (Å²) in [6, 6.07) is 0.741. The molecule has 0 saturated carbocycles. The van der Waals surface area contributed by atoms with E-state index in [1.165, 1.54) is 14.0 Å². The Hall–Kier alpha value is -2.25. The molecule has 3 rings (SSSR count). The number of carbonyl (C=O) groups excluding carboxylic acids is 1. The zero-order valence-corrected chi connectivity index (χ0v) is 30.5. The van der Waals surface area contributed by atoms with Gasteiger partial charge < -0.3 is 29.0 Å². The third-order valence-corrected chi connectivity index (χ3v) is 11.1. The quantitative estimate of drug-likeness (QED) is 0.124. The predicted molar refractivity (Wildman–Crippen MR) is 173 cm³/mol. The number of aromatic nitrogens is 2. The topological polar surface area (TPSA) is 107 Å². The molecule has 0 unspecified atom stereocenters. The third kappa shape index (κ3) is 10.4. The number of methoxy groups -OCH3 is 1. The molecular weight excluding hydrogens is 685 g/mol. The lowest BCUT2D eigenvalue weighted by Gasteiger charge is -2.30. The van der Waals surface area contributed by atoms with E-state index in [0.717, 1.165) is 17.9 Å². The van der Waals surface area contributed by atoms with Gasteiger partial charge in [0.15, 0.2) is 6.10 Å². The molecule has 6 atom stereocenters. The van der Waals surface area contributed by atoms with E-state index in [4.69, 9.17) is 19.2 Å². The van der Waals surface area contributed by atoms with Gasteiger partial charge in [-0.25, -0.2) is 18.7 Å². The second kappa shape index (κ2) is 15.3. The van der Waals surface area contributed by atoms with E-state index in [1.54, 1.807) is 43.5 Å². The van der Waals surface area contributed by atoms with E-state index in [1.807, 2.05) is 5.32 Å². The summed E-state index contributed by atoms with van der Waals surface area (Å²) >= 11 is 0. The van der Waals surface area contributed by atoms with Gasteiger partial charge in [-0.2, -0.15) is 26.3 Å². The lowest BCUT2D eigenvalue weighted by Crippen LogP contribution is -2.43. The largest absolute Gasteiger partial charge is 0.414 e. The molecule has 1 fully saturated rings. The summed E-state index contributed by atoms with van der Waals surface area (Å²) in [5, 5.41) is 1.97. The molecule has 1 aromatic heterocycles. The van der Waals surface area contributed by atoms with Crippen LogP contribution in [0.5, 0.6) is 0 Å². The minimum Gasteiger partial charge on any atom is -0.382 e. The highest BCUT2D eigenvalue weighted by molar-refractivity contribution is 7.84. The Morgan fingerprint density at radius 2 is 1.77 bits per heavy atom. The number of rotatable bonds is 15. The summed E-state index contributed by atoms with van der Waals surface area (Å²) in [7, 11) is -1.88. The first-order valence-electron chi connectivity index (χ1n) is 15.5. The summed E-state index contributed by atoms with van der Waals surface area (Å²) in [6.07, 6.45) is -12.6. The van der Waals surface area contributed by atoms with E-state index in [0.29, 0.717) is 23.2 Å². The van der Waals surface area contributed by atoms with Crippen molar-refractivity contribution in [2.24, 2.45) is 0 Å². The Kier molecular flexibility index (Phi) is 12.8. The number of hydrogen-bond acceptors (Lipinski definition) is 6. The number of amides is 2. The molecule has 2 N–H and O–H groups in total. The van der Waals surface area contributed by atoms with Crippen LogP contribution in [0.4, 0.5) is 31.1 Å². The zero-order valence-electron chi connectivity index (χ0n) is 28.7. The van der Waals surface area contributed by atoms with Gasteiger partial charge in [0, 0.05) is 21.8 Å². The molecule has 2 aromatic rings. The Balaban J connectivity index is 2.14. The Bertz CT molecular complexity index is 1430. The van der Waals surface area contributed by atoms with Crippen LogP contribution in [0.2, 0.25) is 25.7 Å². The fourth-order valence-electron chi connectivity index (χ4n) is 4.94. The van der Waals surface area contributed by atoms with Crippen molar-refractivity contribution in [3.63, 3.8) is 0 Å². The molecule has 0 aliphatic carbocycles. The van der Waals surface area contributed by atoms with Crippen molar-refractivity contribution >= 4 is 36.1 Å². The Labute approximate surface area is 280 Å². The van der Waals surface area contributed by atoms with Crippen LogP contribution < -0.4 is 10.0 Å². The number of alkyl halides is 6.